The van der Waals surface area contributed by atoms with Crippen LogP contribution in [0.1, 0.15) is 18.3 Å². The van der Waals surface area contributed by atoms with Gasteiger partial charge in [-0.3, -0.25) is 9.59 Å². The van der Waals surface area contributed by atoms with Crippen LogP contribution in [-0.4, -0.2) is 21.4 Å². The van der Waals surface area contributed by atoms with Crippen LogP contribution in [-0.2, 0) is 4.79 Å². The topological polar surface area (TPSA) is 67.6 Å². The first kappa shape index (κ1) is 17.6. The Hall–Kier alpha value is -2.81. The number of nitrogens with zero attached hydrogens (tertiary/aromatic N) is 4. The van der Waals surface area contributed by atoms with E-state index in [0.29, 0.717) is 22.6 Å². The molecule has 0 saturated heterocycles. The van der Waals surface area contributed by atoms with E-state index in [2.05, 4.69) is 32.6 Å². The first-order chi connectivity index (χ1) is 13.0. The van der Waals surface area contributed by atoms with Crippen molar-refractivity contribution in [3.05, 3.63) is 79.5 Å². The summed E-state index contributed by atoms with van der Waals surface area (Å²) >= 11 is 2.15. The number of amidine groups is 1. The summed E-state index contributed by atoms with van der Waals surface area (Å²) in [6, 6.07) is 15.0. The molecule has 0 spiro atoms. The summed E-state index contributed by atoms with van der Waals surface area (Å²) in [5.41, 5.74) is 1.47. The average Bonchev–Trinajstić information content (AvgIpc) is 2.91. The van der Waals surface area contributed by atoms with E-state index in [1.54, 1.807) is 26.0 Å². The molecular weight excluding hydrogens is 455 g/mol. The SMILES string of the molecule is CC1=N/C(=C\c2ccccc2)C(=O)N1n1c(C)nc2ccc(I)cc2c1=O. The van der Waals surface area contributed by atoms with Crippen molar-refractivity contribution in [2.75, 3.05) is 5.01 Å². The molecule has 4 rings (SSSR count). The molecule has 2 heterocycles. The van der Waals surface area contributed by atoms with E-state index >= 15 is 0 Å². The fraction of sp³-hybridized carbons (Fsp3) is 0.100. The van der Waals surface area contributed by atoms with Gasteiger partial charge in [0.1, 0.15) is 17.4 Å². The van der Waals surface area contributed by atoms with Crippen molar-refractivity contribution in [3.8, 4) is 0 Å². The van der Waals surface area contributed by atoms with Crippen molar-refractivity contribution in [1.82, 2.24) is 9.66 Å². The quantitative estimate of drug-likeness (QED) is 0.427. The van der Waals surface area contributed by atoms with Gasteiger partial charge >= 0.3 is 0 Å². The summed E-state index contributed by atoms with van der Waals surface area (Å²) in [6.45, 7) is 3.41. The first-order valence-electron chi connectivity index (χ1n) is 8.31. The third-order valence-corrected chi connectivity index (χ3v) is 4.94. The first-order valence-corrected chi connectivity index (χ1v) is 9.39. The molecule has 2 aromatic carbocycles. The minimum Gasteiger partial charge on any atom is -0.267 e. The number of benzene rings is 2. The predicted molar refractivity (Wildman–Crippen MR) is 114 cm³/mol. The summed E-state index contributed by atoms with van der Waals surface area (Å²) < 4.78 is 2.23. The zero-order chi connectivity index (χ0) is 19.1. The van der Waals surface area contributed by atoms with Crippen molar-refractivity contribution in [2.24, 2.45) is 4.99 Å². The number of carbonyl (C=O) groups is 1. The van der Waals surface area contributed by atoms with Crippen molar-refractivity contribution in [3.63, 3.8) is 0 Å². The Balaban J connectivity index is 1.85. The number of amides is 1. The molecule has 1 amide bonds. The molecule has 1 aliphatic rings. The van der Waals surface area contributed by atoms with Gasteiger partial charge in [0.2, 0.25) is 0 Å². The van der Waals surface area contributed by atoms with Gasteiger partial charge in [-0.2, -0.15) is 9.69 Å². The molecule has 0 saturated carbocycles. The third-order valence-electron chi connectivity index (χ3n) is 4.27. The van der Waals surface area contributed by atoms with Crippen LogP contribution in [0.4, 0.5) is 0 Å². The van der Waals surface area contributed by atoms with E-state index in [-0.39, 0.29) is 17.2 Å². The molecule has 1 aromatic heterocycles. The maximum Gasteiger partial charge on any atom is 0.297 e. The Bertz CT molecular complexity index is 1200. The van der Waals surface area contributed by atoms with Gasteiger partial charge in [0.05, 0.1) is 10.9 Å². The van der Waals surface area contributed by atoms with Crippen LogP contribution in [0.5, 0.6) is 0 Å². The summed E-state index contributed by atoms with van der Waals surface area (Å²) in [7, 11) is 0. The Kier molecular flexibility index (Phi) is 4.39. The van der Waals surface area contributed by atoms with Gasteiger partial charge in [0, 0.05) is 3.57 Å². The summed E-state index contributed by atoms with van der Waals surface area (Å²) in [5.74, 6) is 0.505. The lowest BCUT2D eigenvalue weighted by atomic mass is 10.2. The van der Waals surface area contributed by atoms with E-state index < -0.39 is 0 Å². The highest BCUT2D eigenvalue weighted by Gasteiger charge is 2.31. The minimum atomic E-state index is -0.353. The zero-order valence-electron chi connectivity index (χ0n) is 14.7. The molecule has 0 aliphatic carbocycles. The number of aryl methyl sites for hydroxylation is 1. The molecule has 7 heteroatoms. The molecule has 0 bridgehead atoms. The Morgan fingerprint density at radius 2 is 1.78 bits per heavy atom. The largest absolute Gasteiger partial charge is 0.297 e. The van der Waals surface area contributed by atoms with Crippen LogP contribution in [0.25, 0.3) is 17.0 Å². The van der Waals surface area contributed by atoms with Gasteiger partial charge in [-0.1, -0.05) is 30.3 Å². The average molecular weight is 470 g/mol. The van der Waals surface area contributed by atoms with Gasteiger partial charge in [-0.05, 0) is 66.3 Å². The molecule has 0 atom stereocenters. The van der Waals surface area contributed by atoms with E-state index in [9.17, 15) is 9.59 Å². The van der Waals surface area contributed by atoms with Gasteiger partial charge in [-0.25, -0.2) is 9.98 Å². The van der Waals surface area contributed by atoms with E-state index in [1.807, 2.05) is 42.5 Å². The molecule has 3 aromatic rings. The summed E-state index contributed by atoms with van der Waals surface area (Å²) in [4.78, 5) is 34.9. The van der Waals surface area contributed by atoms with Gasteiger partial charge in [-0.15, -0.1) is 0 Å². The summed E-state index contributed by atoms with van der Waals surface area (Å²) in [5, 5.41) is 1.76. The number of fused-ring (bicyclic) bond motifs is 1. The lowest BCUT2D eigenvalue weighted by molar-refractivity contribution is -0.115. The second kappa shape index (κ2) is 6.73. The lowest BCUT2D eigenvalue weighted by Crippen LogP contribution is -2.48. The highest BCUT2D eigenvalue weighted by atomic mass is 127. The predicted octanol–water partition coefficient (Wildman–Crippen LogP) is 3.25. The zero-order valence-corrected chi connectivity index (χ0v) is 16.8. The Labute approximate surface area is 169 Å². The molecule has 1 aliphatic heterocycles. The van der Waals surface area contributed by atoms with Gasteiger partial charge in [0.25, 0.3) is 11.5 Å². The van der Waals surface area contributed by atoms with E-state index in [1.165, 1.54) is 9.69 Å². The van der Waals surface area contributed by atoms with Crippen LogP contribution in [0, 0.1) is 10.5 Å². The number of halogens is 1. The highest BCUT2D eigenvalue weighted by Crippen LogP contribution is 2.19. The Morgan fingerprint density at radius 3 is 2.52 bits per heavy atom. The molecule has 134 valence electrons. The molecule has 0 unspecified atom stereocenters. The number of hydrogen-bond donors (Lipinski definition) is 0. The second-order valence-electron chi connectivity index (χ2n) is 6.15. The van der Waals surface area contributed by atoms with E-state index in [4.69, 9.17) is 0 Å². The normalized spacial score (nSPS) is 15.7. The molecule has 0 N–H and O–H groups in total. The Morgan fingerprint density at radius 1 is 1.04 bits per heavy atom. The summed E-state index contributed by atoms with van der Waals surface area (Å²) in [6.07, 6.45) is 1.71. The number of aromatic nitrogens is 2. The van der Waals surface area contributed by atoms with E-state index in [0.717, 1.165) is 9.13 Å². The third kappa shape index (κ3) is 3.08. The van der Waals surface area contributed by atoms with Crippen molar-refractivity contribution < 1.29 is 4.79 Å². The number of hydrogen-bond acceptors (Lipinski definition) is 4. The highest BCUT2D eigenvalue weighted by molar-refractivity contribution is 14.1. The van der Waals surface area contributed by atoms with Crippen LogP contribution in [0.15, 0.2) is 64.0 Å². The van der Waals surface area contributed by atoms with Crippen molar-refractivity contribution in [2.45, 2.75) is 13.8 Å². The van der Waals surface area contributed by atoms with Crippen molar-refractivity contribution in [1.29, 1.82) is 0 Å². The van der Waals surface area contributed by atoms with Crippen LogP contribution < -0.4 is 10.6 Å². The lowest BCUT2D eigenvalue weighted by Gasteiger charge is -2.20. The maximum absolute atomic E-state index is 13.1. The maximum atomic E-state index is 13.1. The fourth-order valence-electron chi connectivity index (χ4n) is 3.06. The van der Waals surface area contributed by atoms with Gasteiger partial charge in [0.15, 0.2) is 0 Å². The molecule has 0 radical (unpaired) electrons. The van der Waals surface area contributed by atoms with Gasteiger partial charge < -0.3 is 0 Å². The molecular formula is C20H15IN4O2. The smallest absolute Gasteiger partial charge is 0.267 e. The minimum absolute atomic E-state index is 0.285. The number of aliphatic imine (C=N–C) groups is 1. The fourth-order valence-corrected chi connectivity index (χ4v) is 3.55. The van der Waals surface area contributed by atoms with Crippen LogP contribution in [0.2, 0.25) is 0 Å². The second-order valence-corrected chi connectivity index (χ2v) is 7.40. The number of rotatable bonds is 2. The molecule has 0 fully saturated rings. The van der Waals surface area contributed by atoms with Crippen LogP contribution in [0.3, 0.4) is 0 Å². The molecule has 27 heavy (non-hydrogen) atoms. The molecule has 6 nitrogen and oxygen atoms in total. The number of carbonyl (C=O) groups excluding carboxylic acids is 1. The van der Waals surface area contributed by atoms with Crippen molar-refractivity contribution >= 4 is 51.3 Å². The monoisotopic (exact) mass is 470 g/mol. The van der Waals surface area contributed by atoms with Crippen LogP contribution >= 0.6 is 22.6 Å². The standard InChI is InChI=1S/C20H15IN4O2/c1-12-22-17-9-8-15(21)11-16(17)19(26)24(12)25-13(2)23-18(20(25)27)10-14-6-4-3-5-7-14/h3-11H,1-2H3/b18-10-.